The van der Waals surface area contributed by atoms with Gasteiger partial charge < -0.3 is 33.2 Å². The lowest BCUT2D eigenvalue weighted by atomic mass is 10.2. The Hall–Kier alpha value is -1.52. The summed E-state index contributed by atoms with van der Waals surface area (Å²) < 4.78 is 35.1. The monoisotopic (exact) mass is 378 g/mol. The van der Waals surface area contributed by atoms with E-state index in [-0.39, 0.29) is 38.4 Å². The van der Waals surface area contributed by atoms with Crippen molar-refractivity contribution in [3.63, 3.8) is 0 Å². The highest BCUT2D eigenvalue weighted by Crippen LogP contribution is 2.03. The molecule has 0 radical (unpaired) electrons. The summed E-state index contributed by atoms with van der Waals surface area (Å²) in [6.45, 7) is 6.95. The van der Waals surface area contributed by atoms with Crippen LogP contribution in [0.4, 0.5) is 0 Å². The summed E-state index contributed by atoms with van der Waals surface area (Å²) >= 11 is 0. The molecule has 0 atom stereocenters. The van der Waals surface area contributed by atoms with Gasteiger partial charge >= 0.3 is 11.9 Å². The third kappa shape index (κ3) is 16.0. The number of hydrogen-bond donors (Lipinski definition) is 0. The summed E-state index contributed by atoms with van der Waals surface area (Å²) in [5, 5.41) is 0. The van der Waals surface area contributed by atoms with Crippen molar-refractivity contribution >= 4 is 11.9 Å². The molecule has 0 aliphatic carbocycles. The number of carbonyl (C=O) groups excluding carboxylic acids is 2. The minimum Gasteiger partial charge on any atom is -0.463 e. The molecule has 0 aromatic heterocycles. The van der Waals surface area contributed by atoms with Crippen LogP contribution in [0.3, 0.4) is 0 Å². The molecule has 0 aliphatic rings. The minimum absolute atomic E-state index is 0.0272. The van der Waals surface area contributed by atoms with Crippen LogP contribution in [-0.2, 0) is 42.7 Å². The van der Waals surface area contributed by atoms with E-state index in [2.05, 4.69) is 6.58 Å². The summed E-state index contributed by atoms with van der Waals surface area (Å²) in [5.41, 5.74) is 0.0272. The highest BCUT2D eigenvalue weighted by Gasteiger charge is 2.14. The standard InChI is InChI=1S/C17H30O9/c1-15(17(19)26-13-11-23-7-5-21-3)14-16(18)25-12-10-24-9-8-22-6-4-20-2/h1,4-14H2,2-3H3. The number of esters is 2. The fourth-order valence-corrected chi connectivity index (χ4v) is 1.52. The molecule has 0 rings (SSSR count). The minimum atomic E-state index is -0.651. The van der Waals surface area contributed by atoms with Gasteiger partial charge in [0.25, 0.3) is 0 Å². The first kappa shape index (κ1) is 24.5. The quantitative estimate of drug-likeness (QED) is 0.190. The molecule has 0 aliphatic heterocycles. The number of hydrogen-bond acceptors (Lipinski definition) is 9. The smallest absolute Gasteiger partial charge is 0.334 e. The molecule has 9 heteroatoms. The summed E-state index contributed by atoms with van der Waals surface area (Å²) in [6, 6.07) is 0. The van der Waals surface area contributed by atoms with E-state index in [1.807, 2.05) is 0 Å². The van der Waals surface area contributed by atoms with Crippen molar-refractivity contribution in [3.05, 3.63) is 12.2 Å². The molecule has 0 saturated heterocycles. The third-order valence-electron chi connectivity index (χ3n) is 2.83. The second kappa shape index (κ2) is 18.3. The maximum Gasteiger partial charge on any atom is 0.334 e. The number of rotatable bonds is 18. The SMILES string of the molecule is C=C(CC(=O)OCCOCCOCCOC)C(=O)OCCOCCOC. The molecule has 0 unspecified atom stereocenters. The zero-order valence-electron chi connectivity index (χ0n) is 15.7. The van der Waals surface area contributed by atoms with E-state index in [9.17, 15) is 9.59 Å². The van der Waals surface area contributed by atoms with Gasteiger partial charge in [0.1, 0.15) is 13.2 Å². The van der Waals surface area contributed by atoms with Gasteiger partial charge in [0.2, 0.25) is 0 Å². The Balaban J connectivity index is 3.54. The Bertz CT molecular complexity index is 384. The molecule has 0 spiro atoms. The van der Waals surface area contributed by atoms with Crippen LogP contribution in [0.2, 0.25) is 0 Å². The lowest BCUT2D eigenvalue weighted by molar-refractivity contribution is -0.148. The summed E-state index contributed by atoms with van der Waals surface area (Å²) in [5.74, 6) is -1.22. The van der Waals surface area contributed by atoms with E-state index in [0.29, 0.717) is 39.6 Å². The first-order chi connectivity index (χ1) is 12.6. The van der Waals surface area contributed by atoms with E-state index < -0.39 is 11.9 Å². The molecule has 0 heterocycles. The Labute approximate surface area is 154 Å². The van der Waals surface area contributed by atoms with E-state index in [1.54, 1.807) is 14.2 Å². The van der Waals surface area contributed by atoms with Gasteiger partial charge in [-0.25, -0.2) is 4.79 Å². The van der Waals surface area contributed by atoms with Crippen molar-refractivity contribution in [1.82, 2.24) is 0 Å². The Kier molecular flexibility index (Phi) is 17.2. The van der Waals surface area contributed by atoms with Crippen LogP contribution in [-0.4, -0.2) is 92.2 Å². The molecule has 26 heavy (non-hydrogen) atoms. The van der Waals surface area contributed by atoms with Crippen molar-refractivity contribution in [2.24, 2.45) is 0 Å². The lowest BCUT2D eigenvalue weighted by Crippen LogP contribution is -2.17. The average Bonchev–Trinajstić information content (AvgIpc) is 2.63. The van der Waals surface area contributed by atoms with E-state index in [4.69, 9.17) is 33.2 Å². The van der Waals surface area contributed by atoms with Crippen molar-refractivity contribution in [2.45, 2.75) is 6.42 Å². The lowest BCUT2D eigenvalue weighted by Gasteiger charge is -2.09. The molecule has 0 N–H and O–H groups in total. The van der Waals surface area contributed by atoms with Gasteiger partial charge in [0.15, 0.2) is 0 Å². The fraction of sp³-hybridized carbons (Fsp3) is 0.765. The molecular weight excluding hydrogens is 348 g/mol. The Morgan fingerprint density at radius 2 is 1.08 bits per heavy atom. The first-order valence-electron chi connectivity index (χ1n) is 8.33. The molecular formula is C17H30O9. The molecule has 0 bridgehead atoms. The number of methoxy groups -OCH3 is 2. The van der Waals surface area contributed by atoms with E-state index >= 15 is 0 Å². The van der Waals surface area contributed by atoms with Gasteiger partial charge in [0.05, 0.1) is 59.3 Å². The van der Waals surface area contributed by atoms with Crippen molar-refractivity contribution < 1.29 is 42.7 Å². The number of carbonyl (C=O) groups is 2. The average molecular weight is 378 g/mol. The first-order valence-corrected chi connectivity index (χ1v) is 8.33. The van der Waals surface area contributed by atoms with Crippen LogP contribution in [0, 0.1) is 0 Å². The van der Waals surface area contributed by atoms with Crippen LogP contribution in [0.15, 0.2) is 12.2 Å². The van der Waals surface area contributed by atoms with Crippen molar-refractivity contribution in [2.75, 3.05) is 80.3 Å². The summed E-state index contributed by atoms with van der Waals surface area (Å²) in [6.07, 6.45) is -0.233. The predicted molar refractivity (Wildman–Crippen MR) is 91.9 cm³/mol. The van der Waals surface area contributed by atoms with Crippen LogP contribution in [0.1, 0.15) is 6.42 Å². The molecule has 152 valence electrons. The molecule has 0 amide bonds. The van der Waals surface area contributed by atoms with Crippen molar-refractivity contribution in [1.29, 1.82) is 0 Å². The number of ether oxygens (including phenoxy) is 7. The second-order valence-corrected chi connectivity index (χ2v) is 4.96. The van der Waals surface area contributed by atoms with Gasteiger partial charge in [-0.1, -0.05) is 6.58 Å². The van der Waals surface area contributed by atoms with Gasteiger partial charge in [-0.2, -0.15) is 0 Å². The second-order valence-electron chi connectivity index (χ2n) is 4.96. The predicted octanol–water partition coefficient (Wildman–Crippen LogP) is 0.362. The molecule has 0 fully saturated rings. The largest absolute Gasteiger partial charge is 0.463 e. The van der Waals surface area contributed by atoms with Crippen LogP contribution in [0.25, 0.3) is 0 Å². The van der Waals surface area contributed by atoms with Gasteiger partial charge in [-0.15, -0.1) is 0 Å². The highest BCUT2D eigenvalue weighted by atomic mass is 16.6. The van der Waals surface area contributed by atoms with Gasteiger partial charge in [-0.3, -0.25) is 4.79 Å². The topological polar surface area (TPSA) is 98.8 Å². The van der Waals surface area contributed by atoms with Gasteiger partial charge in [-0.05, 0) is 0 Å². The highest BCUT2D eigenvalue weighted by molar-refractivity contribution is 5.93. The van der Waals surface area contributed by atoms with Crippen molar-refractivity contribution in [3.8, 4) is 0 Å². The molecule has 0 aromatic carbocycles. The zero-order valence-corrected chi connectivity index (χ0v) is 15.7. The Morgan fingerprint density at radius 3 is 1.58 bits per heavy atom. The molecule has 9 nitrogen and oxygen atoms in total. The third-order valence-corrected chi connectivity index (χ3v) is 2.83. The fourth-order valence-electron chi connectivity index (χ4n) is 1.52. The van der Waals surface area contributed by atoms with Crippen LogP contribution < -0.4 is 0 Å². The van der Waals surface area contributed by atoms with Crippen LogP contribution in [0.5, 0.6) is 0 Å². The zero-order chi connectivity index (χ0) is 19.5. The normalized spacial score (nSPS) is 10.5. The maximum absolute atomic E-state index is 11.6. The van der Waals surface area contributed by atoms with Gasteiger partial charge in [0, 0.05) is 19.8 Å². The van der Waals surface area contributed by atoms with E-state index in [0.717, 1.165) is 0 Å². The summed E-state index contributed by atoms with van der Waals surface area (Å²) in [7, 11) is 3.17. The van der Waals surface area contributed by atoms with Crippen LogP contribution >= 0.6 is 0 Å². The molecule has 0 aromatic rings. The summed E-state index contributed by atoms with van der Waals surface area (Å²) in [4.78, 5) is 23.2. The molecule has 0 saturated carbocycles. The Morgan fingerprint density at radius 1 is 0.654 bits per heavy atom. The maximum atomic E-state index is 11.6. The van der Waals surface area contributed by atoms with E-state index in [1.165, 1.54) is 0 Å².